The molecule has 0 radical (unpaired) electrons. The van der Waals surface area contributed by atoms with E-state index in [-0.39, 0.29) is 5.78 Å². The summed E-state index contributed by atoms with van der Waals surface area (Å²) in [4.78, 5) is 17.6. The van der Waals surface area contributed by atoms with Crippen LogP contribution in [0.3, 0.4) is 0 Å². The normalized spacial score (nSPS) is 22.4. The van der Waals surface area contributed by atoms with Crippen LogP contribution in [-0.4, -0.2) is 50.2 Å². The molecule has 2 heterocycles. The molecule has 0 bridgehead atoms. The Morgan fingerprint density at radius 2 is 1.68 bits per heavy atom. The van der Waals surface area contributed by atoms with E-state index in [1.54, 1.807) is 24.3 Å². The van der Waals surface area contributed by atoms with Crippen molar-refractivity contribution in [3.63, 3.8) is 0 Å². The maximum atomic E-state index is 12.6. The van der Waals surface area contributed by atoms with Gasteiger partial charge in [0.25, 0.3) is 0 Å². The summed E-state index contributed by atoms with van der Waals surface area (Å²) in [6, 6.07) is 15.3. The van der Waals surface area contributed by atoms with E-state index in [1.807, 2.05) is 12.1 Å². The maximum Gasteiger partial charge on any atom is 0.231 e. The van der Waals surface area contributed by atoms with Crippen LogP contribution in [0.5, 0.6) is 11.5 Å². The number of piperazine rings is 1. The molecule has 1 aliphatic carbocycles. The molecule has 0 atom stereocenters. The van der Waals surface area contributed by atoms with Crippen molar-refractivity contribution in [1.29, 1.82) is 5.26 Å². The molecule has 2 aliphatic heterocycles. The number of benzene rings is 2. The molecule has 2 fully saturated rings. The lowest BCUT2D eigenvalue weighted by atomic mass is 9.78. The average molecular weight is 460 g/mol. The van der Waals surface area contributed by atoms with Crippen molar-refractivity contribution < 1.29 is 14.3 Å². The van der Waals surface area contributed by atoms with Gasteiger partial charge in [-0.05, 0) is 61.9 Å². The van der Waals surface area contributed by atoms with Gasteiger partial charge in [-0.3, -0.25) is 9.69 Å². The van der Waals surface area contributed by atoms with Crippen LogP contribution < -0.4 is 14.4 Å². The minimum atomic E-state index is 0.215. The highest BCUT2D eigenvalue weighted by Gasteiger charge is 2.26. The average Bonchev–Trinajstić information content (AvgIpc) is 3.38. The molecule has 6 heteroatoms. The largest absolute Gasteiger partial charge is 0.454 e. The van der Waals surface area contributed by atoms with Crippen LogP contribution in [0.4, 0.5) is 5.69 Å². The van der Waals surface area contributed by atoms with Crippen molar-refractivity contribution in [3.8, 4) is 17.6 Å². The SMILES string of the molecule is N#Cc1ccc(C(=O)CC2CCC(CCN3CCN(c4cccc5c4OCO5)CC3)CC2)cc1. The minimum Gasteiger partial charge on any atom is -0.454 e. The monoisotopic (exact) mass is 459 g/mol. The molecule has 6 nitrogen and oxygen atoms in total. The van der Waals surface area contributed by atoms with Crippen molar-refractivity contribution in [2.75, 3.05) is 44.4 Å². The quantitative estimate of drug-likeness (QED) is 0.550. The number of rotatable bonds is 7. The highest BCUT2D eigenvalue weighted by Crippen LogP contribution is 2.41. The molecule has 1 saturated heterocycles. The van der Waals surface area contributed by atoms with Crippen molar-refractivity contribution in [3.05, 3.63) is 53.6 Å². The van der Waals surface area contributed by atoms with E-state index in [0.29, 0.717) is 24.7 Å². The van der Waals surface area contributed by atoms with Crippen LogP contribution in [-0.2, 0) is 0 Å². The highest BCUT2D eigenvalue weighted by molar-refractivity contribution is 5.96. The molecule has 0 amide bonds. The number of hydrogen-bond donors (Lipinski definition) is 0. The summed E-state index contributed by atoms with van der Waals surface area (Å²) in [5, 5.41) is 8.92. The van der Waals surface area contributed by atoms with Gasteiger partial charge in [-0.2, -0.15) is 5.26 Å². The van der Waals surface area contributed by atoms with E-state index in [9.17, 15) is 4.79 Å². The Balaban J connectivity index is 1.02. The van der Waals surface area contributed by atoms with Gasteiger partial charge in [0.15, 0.2) is 17.3 Å². The molecule has 3 aliphatic rings. The Kier molecular flexibility index (Phi) is 7.01. The van der Waals surface area contributed by atoms with E-state index in [1.165, 1.54) is 25.8 Å². The van der Waals surface area contributed by atoms with Crippen LogP contribution >= 0.6 is 0 Å². The molecule has 0 N–H and O–H groups in total. The fourth-order valence-corrected chi connectivity index (χ4v) is 5.58. The lowest BCUT2D eigenvalue weighted by Crippen LogP contribution is -2.47. The number of carbonyl (C=O) groups is 1. The first-order valence-electron chi connectivity index (χ1n) is 12.6. The second-order valence-corrected chi connectivity index (χ2v) is 9.83. The smallest absolute Gasteiger partial charge is 0.231 e. The van der Waals surface area contributed by atoms with E-state index < -0.39 is 0 Å². The molecular formula is C28H33N3O3. The molecule has 0 unspecified atom stereocenters. The van der Waals surface area contributed by atoms with Crippen LogP contribution in [0.15, 0.2) is 42.5 Å². The van der Waals surface area contributed by atoms with Crippen LogP contribution in [0.25, 0.3) is 0 Å². The third-order valence-electron chi connectivity index (χ3n) is 7.72. The van der Waals surface area contributed by atoms with Gasteiger partial charge in [0.2, 0.25) is 6.79 Å². The number of fused-ring (bicyclic) bond motifs is 1. The Morgan fingerprint density at radius 3 is 2.41 bits per heavy atom. The minimum absolute atomic E-state index is 0.215. The van der Waals surface area contributed by atoms with Crippen molar-refractivity contribution >= 4 is 11.5 Å². The molecule has 0 aromatic heterocycles. The van der Waals surface area contributed by atoms with Crippen molar-refractivity contribution in [2.24, 2.45) is 11.8 Å². The molecule has 1 saturated carbocycles. The summed E-state index contributed by atoms with van der Waals surface area (Å²) in [6.07, 6.45) is 6.67. The van der Waals surface area contributed by atoms with Gasteiger partial charge in [0.05, 0.1) is 17.3 Å². The topological polar surface area (TPSA) is 65.8 Å². The van der Waals surface area contributed by atoms with Gasteiger partial charge in [-0.15, -0.1) is 0 Å². The molecular weight excluding hydrogens is 426 g/mol. The van der Waals surface area contributed by atoms with E-state index in [2.05, 4.69) is 21.9 Å². The van der Waals surface area contributed by atoms with Crippen molar-refractivity contribution in [1.82, 2.24) is 4.90 Å². The van der Waals surface area contributed by atoms with Crippen molar-refractivity contribution in [2.45, 2.75) is 38.5 Å². The van der Waals surface area contributed by atoms with Gasteiger partial charge in [0, 0.05) is 38.2 Å². The fraction of sp³-hybridized carbons (Fsp3) is 0.500. The Bertz CT molecular complexity index is 1030. The standard InChI is InChI=1S/C28H33N3O3/c29-19-23-8-10-24(11-9-23)26(32)18-22-6-4-21(5-7-22)12-13-30-14-16-31(17-15-30)25-2-1-3-27-28(25)34-20-33-27/h1-3,8-11,21-22H,4-7,12-18,20H2. The Hall–Kier alpha value is -3.04. The van der Waals surface area contributed by atoms with E-state index in [0.717, 1.165) is 67.7 Å². The number of nitrogens with zero attached hydrogens (tertiary/aromatic N) is 3. The number of hydrogen-bond acceptors (Lipinski definition) is 6. The third kappa shape index (κ3) is 5.20. The van der Waals surface area contributed by atoms with Crippen LogP contribution in [0.2, 0.25) is 0 Å². The molecule has 34 heavy (non-hydrogen) atoms. The Labute approximate surface area is 202 Å². The van der Waals surface area contributed by atoms with Gasteiger partial charge in [-0.1, -0.05) is 31.0 Å². The lowest BCUT2D eigenvalue weighted by Gasteiger charge is -2.37. The number of anilines is 1. The molecule has 178 valence electrons. The molecule has 2 aromatic rings. The number of carbonyl (C=O) groups excluding carboxylic acids is 1. The van der Waals surface area contributed by atoms with Crippen LogP contribution in [0.1, 0.15) is 54.4 Å². The predicted octanol–water partition coefficient (Wildman–Crippen LogP) is 4.88. The maximum absolute atomic E-state index is 12.6. The zero-order valence-corrected chi connectivity index (χ0v) is 19.7. The predicted molar refractivity (Wildman–Crippen MR) is 131 cm³/mol. The number of ketones is 1. The van der Waals surface area contributed by atoms with Gasteiger partial charge in [0.1, 0.15) is 0 Å². The summed E-state index contributed by atoms with van der Waals surface area (Å²) < 4.78 is 11.2. The van der Waals surface area contributed by atoms with E-state index in [4.69, 9.17) is 14.7 Å². The number of para-hydroxylation sites is 1. The molecule has 2 aromatic carbocycles. The first-order chi connectivity index (χ1) is 16.7. The van der Waals surface area contributed by atoms with Gasteiger partial charge in [-0.25, -0.2) is 0 Å². The first-order valence-corrected chi connectivity index (χ1v) is 12.6. The summed E-state index contributed by atoms with van der Waals surface area (Å²) >= 11 is 0. The second kappa shape index (κ2) is 10.5. The van der Waals surface area contributed by atoms with E-state index >= 15 is 0 Å². The molecule has 5 rings (SSSR count). The fourth-order valence-electron chi connectivity index (χ4n) is 5.58. The lowest BCUT2D eigenvalue weighted by molar-refractivity contribution is 0.0940. The zero-order valence-electron chi connectivity index (χ0n) is 19.7. The Morgan fingerprint density at radius 1 is 0.941 bits per heavy atom. The van der Waals surface area contributed by atoms with Gasteiger partial charge >= 0.3 is 0 Å². The number of Topliss-reactive ketones (excluding diaryl/α,β-unsaturated/α-hetero) is 1. The number of nitriles is 1. The summed E-state index contributed by atoms with van der Waals surface area (Å²) in [7, 11) is 0. The molecule has 0 spiro atoms. The second-order valence-electron chi connectivity index (χ2n) is 9.83. The summed E-state index contributed by atoms with van der Waals surface area (Å²) in [6.45, 7) is 5.68. The van der Waals surface area contributed by atoms with Crippen LogP contribution in [0, 0.1) is 23.2 Å². The summed E-state index contributed by atoms with van der Waals surface area (Å²) in [5.41, 5.74) is 2.49. The third-order valence-corrected chi connectivity index (χ3v) is 7.72. The van der Waals surface area contributed by atoms with Gasteiger partial charge < -0.3 is 14.4 Å². The number of ether oxygens (including phenoxy) is 2. The summed E-state index contributed by atoms with van der Waals surface area (Å²) in [5.74, 6) is 3.25. The highest BCUT2D eigenvalue weighted by atomic mass is 16.7. The zero-order chi connectivity index (χ0) is 23.3. The first kappa shape index (κ1) is 22.7.